The zero-order chi connectivity index (χ0) is 14.3. The first-order chi connectivity index (χ1) is 9.02. The third-order valence-electron chi connectivity index (χ3n) is 2.66. The van der Waals surface area contributed by atoms with Crippen molar-refractivity contribution in [2.45, 2.75) is 20.4 Å². The van der Waals surface area contributed by atoms with E-state index in [1.54, 1.807) is 19.1 Å². The Hall–Kier alpha value is -1.07. The zero-order valence-electron chi connectivity index (χ0n) is 11.3. The van der Waals surface area contributed by atoms with Crippen molar-refractivity contribution in [2.24, 2.45) is 5.92 Å². The molecule has 5 heteroatoms. The third kappa shape index (κ3) is 6.07. The maximum Gasteiger partial charge on any atom is 0.230 e. The van der Waals surface area contributed by atoms with Crippen molar-refractivity contribution in [3.8, 4) is 0 Å². The first-order valence-corrected chi connectivity index (χ1v) is 7.38. The monoisotopic (exact) mass is 285 g/mol. The fraction of sp³-hybridized carbons (Fsp3) is 0.500. The number of hydrogen-bond donors (Lipinski definition) is 2. The Morgan fingerprint density at radius 1 is 1.53 bits per heavy atom. The van der Waals surface area contributed by atoms with Crippen LogP contribution in [0.5, 0.6) is 0 Å². The quantitative estimate of drug-likeness (QED) is 0.807. The first-order valence-electron chi connectivity index (χ1n) is 6.23. The van der Waals surface area contributed by atoms with Crippen molar-refractivity contribution in [1.29, 1.82) is 0 Å². The first kappa shape index (κ1) is 16.0. The SMILES string of the molecule is Cc1cc(CNC(=O)CSCC(C)CO)ccc1F. The van der Waals surface area contributed by atoms with Crippen LogP contribution in [0.25, 0.3) is 0 Å². The zero-order valence-corrected chi connectivity index (χ0v) is 12.1. The Labute approximate surface area is 117 Å². The summed E-state index contributed by atoms with van der Waals surface area (Å²) in [5.74, 6) is 1.07. The van der Waals surface area contributed by atoms with Crippen molar-refractivity contribution in [3.63, 3.8) is 0 Å². The summed E-state index contributed by atoms with van der Waals surface area (Å²) < 4.78 is 13.1. The molecule has 1 aromatic rings. The van der Waals surface area contributed by atoms with Gasteiger partial charge in [-0.2, -0.15) is 11.8 Å². The highest BCUT2D eigenvalue weighted by atomic mass is 32.2. The molecule has 0 radical (unpaired) electrons. The Morgan fingerprint density at radius 3 is 2.89 bits per heavy atom. The van der Waals surface area contributed by atoms with Gasteiger partial charge in [0.1, 0.15) is 5.82 Å². The van der Waals surface area contributed by atoms with Crippen molar-refractivity contribution in [1.82, 2.24) is 5.32 Å². The number of thioether (sulfide) groups is 1. The van der Waals surface area contributed by atoms with E-state index in [2.05, 4.69) is 5.32 Å². The number of hydrogen-bond acceptors (Lipinski definition) is 3. The van der Waals surface area contributed by atoms with E-state index in [0.29, 0.717) is 17.9 Å². The van der Waals surface area contributed by atoms with E-state index in [1.165, 1.54) is 17.8 Å². The van der Waals surface area contributed by atoms with Gasteiger partial charge in [-0.3, -0.25) is 4.79 Å². The number of aliphatic hydroxyl groups is 1. The van der Waals surface area contributed by atoms with Gasteiger partial charge in [0.25, 0.3) is 0 Å². The van der Waals surface area contributed by atoms with Crippen LogP contribution in [-0.2, 0) is 11.3 Å². The second kappa shape index (κ2) is 8.17. The van der Waals surface area contributed by atoms with Crippen molar-refractivity contribution >= 4 is 17.7 Å². The molecule has 1 atom stereocenters. The largest absolute Gasteiger partial charge is 0.396 e. The van der Waals surface area contributed by atoms with Crippen LogP contribution in [0.4, 0.5) is 4.39 Å². The predicted octanol–water partition coefficient (Wildman–Crippen LogP) is 2.11. The summed E-state index contributed by atoms with van der Waals surface area (Å²) in [5.41, 5.74) is 1.47. The molecule has 0 spiro atoms. The van der Waals surface area contributed by atoms with Crippen LogP contribution in [0.2, 0.25) is 0 Å². The minimum absolute atomic E-state index is 0.0443. The predicted molar refractivity (Wildman–Crippen MR) is 76.6 cm³/mol. The van der Waals surface area contributed by atoms with Gasteiger partial charge in [-0.1, -0.05) is 19.1 Å². The molecule has 1 rings (SSSR count). The average Bonchev–Trinajstić information content (AvgIpc) is 2.40. The molecule has 0 heterocycles. The van der Waals surface area contributed by atoms with E-state index in [4.69, 9.17) is 5.11 Å². The number of carbonyl (C=O) groups excluding carboxylic acids is 1. The Morgan fingerprint density at radius 2 is 2.26 bits per heavy atom. The summed E-state index contributed by atoms with van der Waals surface area (Å²) >= 11 is 1.50. The number of benzene rings is 1. The van der Waals surface area contributed by atoms with E-state index >= 15 is 0 Å². The molecule has 1 aromatic carbocycles. The van der Waals surface area contributed by atoms with Gasteiger partial charge in [0.15, 0.2) is 0 Å². The molecule has 0 aliphatic carbocycles. The summed E-state index contributed by atoms with van der Waals surface area (Å²) in [6, 6.07) is 4.81. The lowest BCUT2D eigenvalue weighted by atomic mass is 10.1. The normalized spacial score (nSPS) is 12.2. The van der Waals surface area contributed by atoms with Crippen molar-refractivity contribution < 1.29 is 14.3 Å². The Bertz CT molecular complexity index is 426. The van der Waals surface area contributed by atoms with Gasteiger partial charge in [-0.25, -0.2) is 4.39 Å². The molecule has 0 bridgehead atoms. The molecule has 1 unspecified atom stereocenters. The minimum Gasteiger partial charge on any atom is -0.396 e. The standard InChI is InChI=1S/C14H20FNO2S/c1-10(7-17)8-19-9-14(18)16-6-12-3-4-13(15)11(2)5-12/h3-5,10,17H,6-9H2,1-2H3,(H,16,18). The van der Waals surface area contributed by atoms with Crippen molar-refractivity contribution in [3.05, 3.63) is 35.1 Å². The van der Waals surface area contributed by atoms with Gasteiger partial charge < -0.3 is 10.4 Å². The number of amides is 1. The fourth-order valence-corrected chi connectivity index (χ4v) is 2.39. The summed E-state index contributed by atoms with van der Waals surface area (Å²) in [6.07, 6.45) is 0. The molecule has 19 heavy (non-hydrogen) atoms. The molecular weight excluding hydrogens is 265 g/mol. The molecule has 0 saturated heterocycles. The van der Waals surface area contributed by atoms with E-state index in [9.17, 15) is 9.18 Å². The number of halogens is 1. The summed E-state index contributed by atoms with van der Waals surface area (Å²) in [6.45, 7) is 4.19. The smallest absolute Gasteiger partial charge is 0.230 e. The number of aliphatic hydroxyl groups excluding tert-OH is 1. The molecular formula is C14H20FNO2S. The van der Waals surface area contributed by atoms with Crippen molar-refractivity contribution in [2.75, 3.05) is 18.1 Å². The second-order valence-electron chi connectivity index (χ2n) is 4.66. The van der Waals surface area contributed by atoms with Crippen LogP contribution in [0.3, 0.4) is 0 Å². The molecule has 1 amide bonds. The molecule has 0 aliphatic heterocycles. The molecule has 0 aliphatic rings. The van der Waals surface area contributed by atoms with Gasteiger partial charge in [-0.05, 0) is 35.8 Å². The third-order valence-corrected chi connectivity index (χ3v) is 3.93. The van der Waals surface area contributed by atoms with E-state index in [1.807, 2.05) is 6.92 Å². The van der Waals surface area contributed by atoms with E-state index in [0.717, 1.165) is 11.3 Å². The van der Waals surface area contributed by atoms with Crippen LogP contribution in [0, 0.1) is 18.7 Å². The van der Waals surface area contributed by atoms with Crippen LogP contribution in [0.15, 0.2) is 18.2 Å². The molecule has 2 N–H and O–H groups in total. The molecule has 0 saturated carbocycles. The van der Waals surface area contributed by atoms with Crippen LogP contribution >= 0.6 is 11.8 Å². The summed E-state index contributed by atoms with van der Waals surface area (Å²) in [4.78, 5) is 11.6. The van der Waals surface area contributed by atoms with Gasteiger partial charge in [-0.15, -0.1) is 0 Å². The lowest BCUT2D eigenvalue weighted by molar-refractivity contribution is -0.118. The Balaban J connectivity index is 2.28. The second-order valence-corrected chi connectivity index (χ2v) is 5.69. The lowest BCUT2D eigenvalue weighted by Crippen LogP contribution is -2.25. The van der Waals surface area contributed by atoms with Gasteiger partial charge >= 0.3 is 0 Å². The Kier molecular flexibility index (Phi) is 6.87. The molecule has 3 nitrogen and oxygen atoms in total. The van der Waals surface area contributed by atoms with Crippen LogP contribution in [-0.4, -0.2) is 29.1 Å². The van der Waals surface area contributed by atoms with E-state index in [-0.39, 0.29) is 24.2 Å². The molecule has 0 fully saturated rings. The molecule has 106 valence electrons. The molecule has 0 aromatic heterocycles. The number of rotatable bonds is 7. The topological polar surface area (TPSA) is 49.3 Å². The lowest BCUT2D eigenvalue weighted by Gasteiger charge is -2.08. The summed E-state index contributed by atoms with van der Waals surface area (Å²) in [7, 11) is 0. The van der Waals surface area contributed by atoms with Crippen LogP contribution < -0.4 is 5.32 Å². The van der Waals surface area contributed by atoms with E-state index < -0.39 is 0 Å². The number of carbonyl (C=O) groups is 1. The summed E-state index contributed by atoms with van der Waals surface area (Å²) in [5, 5.41) is 11.6. The highest BCUT2D eigenvalue weighted by Gasteiger charge is 2.05. The average molecular weight is 285 g/mol. The minimum atomic E-state index is -0.233. The van der Waals surface area contributed by atoms with Gasteiger partial charge in [0, 0.05) is 13.2 Å². The highest BCUT2D eigenvalue weighted by molar-refractivity contribution is 7.99. The maximum absolute atomic E-state index is 13.1. The maximum atomic E-state index is 13.1. The number of nitrogens with one attached hydrogen (secondary N) is 1. The van der Waals surface area contributed by atoms with Crippen LogP contribution in [0.1, 0.15) is 18.1 Å². The highest BCUT2D eigenvalue weighted by Crippen LogP contribution is 2.10. The van der Waals surface area contributed by atoms with Gasteiger partial charge in [0.2, 0.25) is 5.91 Å². The number of aryl methyl sites for hydroxylation is 1. The van der Waals surface area contributed by atoms with Gasteiger partial charge in [0.05, 0.1) is 5.75 Å². The fourth-order valence-electron chi connectivity index (χ4n) is 1.47.